The van der Waals surface area contributed by atoms with Gasteiger partial charge in [0, 0.05) is 15.6 Å². The van der Waals surface area contributed by atoms with E-state index in [1.54, 1.807) is 0 Å². The second kappa shape index (κ2) is 4.19. The summed E-state index contributed by atoms with van der Waals surface area (Å²) in [6.45, 7) is 4.34. The molecule has 0 bridgehead atoms. The fraction of sp³-hybridized carbons (Fsp3) is 0.250. The summed E-state index contributed by atoms with van der Waals surface area (Å²) in [6.07, 6.45) is 1.90. The molecule has 1 N–H and O–H groups in total. The van der Waals surface area contributed by atoms with Crippen LogP contribution in [0.5, 0.6) is 0 Å². The molecule has 0 aliphatic rings. The zero-order chi connectivity index (χ0) is 10.8. The number of aromatic amines is 1. The number of nitrogens with zero attached hydrogens (tertiary/aromatic N) is 1. The van der Waals surface area contributed by atoms with E-state index in [1.165, 1.54) is 11.1 Å². The Morgan fingerprint density at radius 2 is 2.00 bits per heavy atom. The van der Waals surface area contributed by atoms with Crippen molar-refractivity contribution in [3.05, 3.63) is 40.5 Å². The van der Waals surface area contributed by atoms with E-state index >= 15 is 0 Å². The average molecular weight is 265 g/mol. The monoisotopic (exact) mass is 264 g/mol. The Morgan fingerprint density at radius 3 is 2.67 bits per heavy atom. The molecule has 0 saturated carbocycles. The second-order valence-electron chi connectivity index (χ2n) is 3.83. The smallest absolute Gasteiger partial charge is 0.0696 e. The highest BCUT2D eigenvalue weighted by Crippen LogP contribution is 2.31. The van der Waals surface area contributed by atoms with Gasteiger partial charge in [-0.25, -0.2) is 0 Å². The van der Waals surface area contributed by atoms with E-state index < -0.39 is 0 Å². The van der Waals surface area contributed by atoms with Crippen molar-refractivity contribution in [2.24, 2.45) is 0 Å². The summed E-state index contributed by atoms with van der Waals surface area (Å²) in [5.74, 6) is 0.478. The maximum Gasteiger partial charge on any atom is 0.0696 e. The van der Waals surface area contributed by atoms with E-state index in [9.17, 15) is 0 Å². The SMILES string of the molecule is CC(C)c1cn[nH]c1-c1ccccc1Br. The van der Waals surface area contributed by atoms with Gasteiger partial charge in [0.2, 0.25) is 0 Å². The first kappa shape index (κ1) is 10.4. The Morgan fingerprint density at radius 1 is 1.27 bits per heavy atom. The number of halogens is 1. The highest BCUT2D eigenvalue weighted by atomic mass is 79.9. The second-order valence-corrected chi connectivity index (χ2v) is 4.69. The molecule has 2 rings (SSSR count). The Kier molecular flexibility index (Phi) is 2.91. The molecule has 0 atom stereocenters. The summed E-state index contributed by atoms with van der Waals surface area (Å²) in [6, 6.07) is 8.17. The lowest BCUT2D eigenvalue weighted by Crippen LogP contribution is -1.89. The normalized spacial score (nSPS) is 10.9. The lowest BCUT2D eigenvalue weighted by molar-refractivity contribution is 0.870. The molecule has 0 fully saturated rings. The van der Waals surface area contributed by atoms with Crippen LogP contribution in [0.1, 0.15) is 25.3 Å². The van der Waals surface area contributed by atoms with Crippen molar-refractivity contribution in [1.29, 1.82) is 0 Å². The van der Waals surface area contributed by atoms with Crippen molar-refractivity contribution >= 4 is 15.9 Å². The van der Waals surface area contributed by atoms with Crippen LogP contribution in [-0.4, -0.2) is 10.2 Å². The summed E-state index contributed by atoms with van der Waals surface area (Å²) in [5.41, 5.74) is 3.53. The van der Waals surface area contributed by atoms with E-state index in [4.69, 9.17) is 0 Å². The molecule has 15 heavy (non-hydrogen) atoms. The van der Waals surface area contributed by atoms with Gasteiger partial charge in [-0.2, -0.15) is 5.10 Å². The topological polar surface area (TPSA) is 28.7 Å². The molecule has 1 aromatic carbocycles. The summed E-state index contributed by atoms with van der Waals surface area (Å²) in [4.78, 5) is 0. The average Bonchev–Trinajstić information content (AvgIpc) is 2.67. The molecule has 1 aromatic heterocycles. The number of hydrogen-bond acceptors (Lipinski definition) is 1. The van der Waals surface area contributed by atoms with E-state index in [2.05, 4.69) is 46.0 Å². The van der Waals surface area contributed by atoms with E-state index in [1.807, 2.05) is 24.4 Å². The minimum atomic E-state index is 0.478. The molecule has 0 radical (unpaired) electrons. The minimum Gasteiger partial charge on any atom is -0.278 e. The van der Waals surface area contributed by atoms with Crippen LogP contribution in [0.4, 0.5) is 0 Å². The van der Waals surface area contributed by atoms with Gasteiger partial charge in [0.05, 0.1) is 11.9 Å². The standard InChI is InChI=1S/C12H13BrN2/c1-8(2)10-7-14-15-12(10)9-5-3-4-6-11(9)13/h3-8H,1-2H3,(H,14,15). The first-order valence-electron chi connectivity index (χ1n) is 4.98. The highest BCUT2D eigenvalue weighted by Gasteiger charge is 2.12. The first-order chi connectivity index (χ1) is 7.20. The number of H-pyrrole nitrogens is 1. The molecule has 0 unspecified atom stereocenters. The van der Waals surface area contributed by atoms with E-state index in [-0.39, 0.29) is 0 Å². The number of hydrogen-bond donors (Lipinski definition) is 1. The molecule has 1 heterocycles. The molecule has 0 aliphatic carbocycles. The largest absolute Gasteiger partial charge is 0.278 e. The van der Waals surface area contributed by atoms with Crippen LogP contribution < -0.4 is 0 Å². The minimum absolute atomic E-state index is 0.478. The Bertz CT molecular complexity index is 460. The fourth-order valence-electron chi connectivity index (χ4n) is 1.61. The Labute approximate surface area is 97.8 Å². The van der Waals surface area contributed by atoms with Crippen LogP contribution in [0.2, 0.25) is 0 Å². The van der Waals surface area contributed by atoms with Crippen LogP contribution in [0, 0.1) is 0 Å². The van der Waals surface area contributed by atoms with Gasteiger partial charge in [0.15, 0.2) is 0 Å². The third kappa shape index (κ3) is 1.97. The van der Waals surface area contributed by atoms with Gasteiger partial charge in [-0.15, -0.1) is 0 Å². The fourth-order valence-corrected chi connectivity index (χ4v) is 2.10. The summed E-state index contributed by atoms with van der Waals surface area (Å²) < 4.78 is 1.09. The van der Waals surface area contributed by atoms with Gasteiger partial charge in [0.1, 0.15) is 0 Å². The van der Waals surface area contributed by atoms with Gasteiger partial charge in [-0.3, -0.25) is 5.10 Å². The quantitative estimate of drug-likeness (QED) is 0.874. The lowest BCUT2D eigenvalue weighted by Gasteiger charge is -2.07. The van der Waals surface area contributed by atoms with Gasteiger partial charge in [0.25, 0.3) is 0 Å². The van der Waals surface area contributed by atoms with Crippen molar-refractivity contribution in [3.8, 4) is 11.3 Å². The van der Waals surface area contributed by atoms with Crippen molar-refractivity contribution in [2.75, 3.05) is 0 Å². The van der Waals surface area contributed by atoms with Crippen LogP contribution >= 0.6 is 15.9 Å². The molecule has 0 spiro atoms. The van der Waals surface area contributed by atoms with Gasteiger partial charge >= 0.3 is 0 Å². The van der Waals surface area contributed by atoms with Crippen LogP contribution in [0.25, 0.3) is 11.3 Å². The molecule has 2 aromatic rings. The first-order valence-corrected chi connectivity index (χ1v) is 5.77. The molecule has 0 aliphatic heterocycles. The molecule has 2 nitrogen and oxygen atoms in total. The molecule has 0 amide bonds. The van der Waals surface area contributed by atoms with Crippen molar-refractivity contribution in [2.45, 2.75) is 19.8 Å². The number of aromatic nitrogens is 2. The molecular formula is C12H13BrN2. The maximum atomic E-state index is 4.12. The molecule has 78 valence electrons. The molecular weight excluding hydrogens is 252 g/mol. The van der Waals surface area contributed by atoms with Gasteiger partial charge in [-0.05, 0) is 12.0 Å². The van der Waals surface area contributed by atoms with E-state index in [0.29, 0.717) is 5.92 Å². The Balaban J connectivity index is 2.55. The van der Waals surface area contributed by atoms with Crippen molar-refractivity contribution in [3.63, 3.8) is 0 Å². The summed E-state index contributed by atoms with van der Waals surface area (Å²) in [7, 11) is 0. The van der Waals surface area contributed by atoms with Crippen LogP contribution in [0.3, 0.4) is 0 Å². The number of benzene rings is 1. The maximum absolute atomic E-state index is 4.12. The lowest BCUT2D eigenvalue weighted by atomic mass is 10.00. The molecule has 3 heteroatoms. The van der Waals surface area contributed by atoms with Crippen LogP contribution in [0.15, 0.2) is 34.9 Å². The number of rotatable bonds is 2. The summed E-state index contributed by atoms with van der Waals surface area (Å²) in [5, 5.41) is 7.18. The predicted molar refractivity (Wildman–Crippen MR) is 65.8 cm³/mol. The predicted octanol–water partition coefficient (Wildman–Crippen LogP) is 3.96. The third-order valence-electron chi connectivity index (χ3n) is 2.43. The Hall–Kier alpha value is -1.09. The van der Waals surface area contributed by atoms with E-state index in [0.717, 1.165) is 10.2 Å². The summed E-state index contributed by atoms with van der Waals surface area (Å²) >= 11 is 3.55. The zero-order valence-electron chi connectivity index (χ0n) is 8.79. The third-order valence-corrected chi connectivity index (χ3v) is 3.13. The van der Waals surface area contributed by atoms with Gasteiger partial charge in [-0.1, -0.05) is 48.0 Å². The number of nitrogens with one attached hydrogen (secondary N) is 1. The molecule has 0 saturated heterocycles. The van der Waals surface area contributed by atoms with Gasteiger partial charge < -0.3 is 0 Å². The highest BCUT2D eigenvalue weighted by molar-refractivity contribution is 9.10. The van der Waals surface area contributed by atoms with Crippen molar-refractivity contribution in [1.82, 2.24) is 10.2 Å². The zero-order valence-corrected chi connectivity index (χ0v) is 10.4. The van der Waals surface area contributed by atoms with Crippen LogP contribution in [-0.2, 0) is 0 Å². The van der Waals surface area contributed by atoms with Crippen molar-refractivity contribution < 1.29 is 0 Å².